The van der Waals surface area contributed by atoms with Crippen LogP contribution >= 0.6 is 7.92 Å². The number of hydrogen-bond acceptors (Lipinski definition) is 4. The van der Waals surface area contributed by atoms with Gasteiger partial charge in [-0.2, -0.15) is 0 Å². The second-order valence-corrected chi connectivity index (χ2v) is 3.45. The molecule has 0 aliphatic carbocycles. The zero-order valence-electron chi connectivity index (χ0n) is 8.53. The van der Waals surface area contributed by atoms with E-state index in [9.17, 15) is 9.36 Å². The fourth-order valence-electron chi connectivity index (χ4n) is 0.924. The maximum atomic E-state index is 11.1. The summed E-state index contributed by atoms with van der Waals surface area (Å²) in [5.41, 5.74) is 7.53. The summed E-state index contributed by atoms with van der Waals surface area (Å²) in [5.74, 6) is -0.198. The Kier molecular flexibility index (Phi) is 7.50. The van der Waals surface area contributed by atoms with Crippen LogP contribution < -0.4 is 5.73 Å². The number of carbonyl (C=O) groups is 1. The van der Waals surface area contributed by atoms with Crippen molar-refractivity contribution in [3.8, 4) is 5.63 Å². The van der Waals surface area contributed by atoms with Gasteiger partial charge in [0.15, 0.2) is 0 Å². The monoisotopic (exact) mass is 217 g/mol. The first kappa shape index (κ1) is 13.4. The van der Waals surface area contributed by atoms with Crippen molar-refractivity contribution >= 4 is 13.9 Å². The standard InChI is InChI=1S/C9H16NO3P/c1-3-7(4-2)5-13-9(11)8(10)6-14-12/h7-8H,3-5,10H2,1-2H3. The Labute approximate surface area is 85.3 Å². The molecular weight excluding hydrogens is 201 g/mol. The van der Waals surface area contributed by atoms with Crippen LogP contribution in [-0.4, -0.2) is 18.6 Å². The maximum absolute atomic E-state index is 11.1. The Bertz CT molecular complexity index is 269. The van der Waals surface area contributed by atoms with Gasteiger partial charge in [-0.1, -0.05) is 0 Å². The van der Waals surface area contributed by atoms with Crippen molar-refractivity contribution in [2.24, 2.45) is 11.7 Å². The third-order valence-corrected chi connectivity index (χ3v) is 2.45. The molecule has 0 fully saturated rings. The molecule has 5 heteroatoms. The number of hydrogen-bond donors (Lipinski definition) is 1. The molecule has 0 aliphatic rings. The number of nitrogens with two attached hydrogens (primary N) is 1. The van der Waals surface area contributed by atoms with Crippen LogP contribution in [0.15, 0.2) is 0 Å². The molecule has 2 N–H and O–H groups in total. The summed E-state index contributed by atoms with van der Waals surface area (Å²) in [6, 6.07) is -1.01. The fourth-order valence-corrected chi connectivity index (χ4v) is 1.14. The Morgan fingerprint density at radius 1 is 1.50 bits per heavy atom. The summed E-state index contributed by atoms with van der Waals surface area (Å²) in [6.45, 7) is 4.45. The van der Waals surface area contributed by atoms with Gasteiger partial charge < -0.3 is 0 Å². The van der Waals surface area contributed by atoms with Crippen LogP contribution in [0.4, 0.5) is 0 Å². The molecule has 0 radical (unpaired) electrons. The number of ether oxygens (including phenoxy) is 1. The van der Waals surface area contributed by atoms with Crippen molar-refractivity contribution in [1.29, 1.82) is 0 Å². The Morgan fingerprint density at radius 3 is 2.50 bits per heavy atom. The Hall–Kier alpha value is -0.560. The van der Waals surface area contributed by atoms with E-state index in [1.54, 1.807) is 0 Å². The first-order valence-electron chi connectivity index (χ1n) is 4.65. The molecule has 0 bridgehead atoms. The van der Waals surface area contributed by atoms with Gasteiger partial charge in [0.05, 0.1) is 0 Å². The SMILES string of the molecule is CCC(CC)COC(=O)C(N)C#P=O. The van der Waals surface area contributed by atoms with Gasteiger partial charge in [0.1, 0.15) is 0 Å². The molecule has 0 heterocycles. The normalized spacial score (nSPS) is 12.0. The van der Waals surface area contributed by atoms with Crippen molar-refractivity contribution in [2.75, 3.05) is 6.61 Å². The first-order chi connectivity index (χ1) is 6.65. The summed E-state index contributed by atoms with van der Waals surface area (Å²) in [4.78, 5) is 11.1. The van der Waals surface area contributed by atoms with E-state index < -0.39 is 12.0 Å². The van der Waals surface area contributed by atoms with Crippen molar-refractivity contribution in [3.05, 3.63) is 0 Å². The molecule has 0 spiro atoms. The molecular formula is C9H16NO3P. The third kappa shape index (κ3) is 5.23. The molecule has 4 nitrogen and oxygen atoms in total. The van der Waals surface area contributed by atoms with Gasteiger partial charge in [0, 0.05) is 0 Å². The van der Waals surface area contributed by atoms with E-state index in [2.05, 4.69) is 5.63 Å². The zero-order chi connectivity index (χ0) is 11.0. The Morgan fingerprint density at radius 2 is 2.07 bits per heavy atom. The quantitative estimate of drug-likeness (QED) is 0.560. The molecule has 0 saturated heterocycles. The molecule has 0 saturated carbocycles. The number of esters is 1. The topological polar surface area (TPSA) is 69.4 Å². The molecule has 1 unspecified atom stereocenters. The van der Waals surface area contributed by atoms with E-state index >= 15 is 0 Å². The van der Waals surface area contributed by atoms with Gasteiger partial charge in [-0.3, -0.25) is 0 Å². The van der Waals surface area contributed by atoms with E-state index in [0.717, 1.165) is 12.8 Å². The van der Waals surface area contributed by atoms with Gasteiger partial charge >= 0.3 is 84.6 Å². The summed E-state index contributed by atoms with van der Waals surface area (Å²) in [6.07, 6.45) is 1.93. The van der Waals surface area contributed by atoms with E-state index in [-0.39, 0.29) is 7.92 Å². The average Bonchev–Trinajstić information content (AvgIpc) is 2.19. The molecule has 80 valence electrons. The third-order valence-electron chi connectivity index (χ3n) is 2.06. The van der Waals surface area contributed by atoms with Gasteiger partial charge in [-0.15, -0.1) is 0 Å². The van der Waals surface area contributed by atoms with Gasteiger partial charge in [0.25, 0.3) is 0 Å². The molecule has 0 aromatic carbocycles. The molecule has 0 aromatic rings. The summed E-state index contributed by atoms with van der Waals surface area (Å²) in [5, 5.41) is 0. The predicted molar refractivity (Wildman–Crippen MR) is 54.5 cm³/mol. The molecule has 0 aliphatic heterocycles. The van der Waals surface area contributed by atoms with Crippen LogP contribution in [0.25, 0.3) is 0 Å². The minimum atomic E-state index is -1.01. The van der Waals surface area contributed by atoms with Crippen molar-refractivity contribution in [3.63, 3.8) is 0 Å². The second kappa shape index (κ2) is 7.81. The summed E-state index contributed by atoms with van der Waals surface area (Å²) < 4.78 is 15.0. The fraction of sp³-hybridized carbons (Fsp3) is 0.778. The van der Waals surface area contributed by atoms with Crippen LogP contribution in [0.5, 0.6) is 0 Å². The average molecular weight is 217 g/mol. The van der Waals surface area contributed by atoms with Crippen molar-refractivity contribution < 1.29 is 14.1 Å². The van der Waals surface area contributed by atoms with Crippen LogP contribution in [-0.2, 0) is 14.1 Å². The zero-order valence-corrected chi connectivity index (χ0v) is 9.42. The number of rotatable bonds is 5. The van der Waals surface area contributed by atoms with Crippen LogP contribution in [0.3, 0.4) is 0 Å². The van der Waals surface area contributed by atoms with E-state index in [1.807, 2.05) is 13.8 Å². The Balaban J connectivity index is 3.93. The summed E-state index contributed by atoms with van der Waals surface area (Å²) in [7, 11) is -0.369. The first-order valence-corrected chi connectivity index (χ1v) is 5.47. The van der Waals surface area contributed by atoms with E-state index in [4.69, 9.17) is 10.5 Å². The van der Waals surface area contributed by atoms with Gasteiger partial charge in [0.2, 0.25) is 0 Å². The molecule has 0 aromatic heterocycles. The molecule has 0 amide bonds. The number of carbonyl (C=O) groups excluding carboxylic acids is 1. The van der Waals surface area contributed by atoms with Crippen molar-refractivity contribution in [2.45, 2.75) is 32.7 Å². The van der Waals surface area contributed by atoms with Gasteiger partial charge in [-0.25, -0.2) is 0 Å². The second-order valence-electron chi connectivity index (χ2n) is 3.01. The minimum absolute atomic E-state index is 0.369. The van der Waals surface area contributed by atoms with Gasteiger partial charge in [-0.05, 0) is 0 Å². The van der Waals surface area contributed by atoms with Crippen LogP contribution in [0, 0.1) is 11.5 Å². The van der Waals surface area contributed by atoms with E-state index in [1.165, 1.54) is 0 Å². The summed E-state index contributed by atoms with van der Waals surface area (Å²) >= 11 is 0. The van der Waals surface area contributed by atoms with Crippen molar-refractivity contribution in [1.82, 2.24) is 0 Å². The van der Waals surface area contributed by atoms with Crippen LogP contribution in [0.2, 0.25) is 0 Å². The molecule has 0 rings (SSSR count). The van der Waals surface area contributed by atoms with E-state index in [0.29, 0.717) is 12.5 Å². The molecule has 1 atom stereocenters. The van der Waals surface area contributed by atoms with Crippen LogP contribution in [0.1, 0.15) is 26.7 Å². The molecule has 14 heavy (non-hydrogen) atoms. The predicted octanol–water partition coefficient (Wildman–Crippen LogP) is 1.54.